The van der Waals surface area contributed by atoms with Crippen LogP contribution in [0.15, 0.2) is 29.9 Å². The molecule has 54 valence electrons. The Hall–Kier alpha value is -1.14. The minimum atomic E-state index is 0.592. The number of hydrogen-bond donors (Lipinski definition) is 0. The van der Waals surface area contributed by atoms with Gasteiger partial charge in [0.2, 0.25) is 5.76 Å². The van der Waals surface area contributed by atoms with Crippen LogP contribution in [0.25, 0.3) is 0 Å². The lowest BCUT2D eigenvalue weighted by atomic mass is 10.3. The highest BCUT2D eigenvalue weighted by Gasteiger charge is 2.11. The van der Waals surface area contributed by atoms with Gasteiger partial charge < -0.3 is 9.47 Å². The smallest absolute Gasteiger partial charge is 0.204 e. The molecular weight excluding hydrogens is 128 g/mol. The van der Waals surface area contributed by atoms with Crippen LogP contribution in [0.3, 0.4) is 0 Å². The van der Waals surface area contributed by atoms with Crippen LogP contribution in [0, 0.1) is 0 Å². The first-order chi connectivity index (χ1) is 4.88. The molecule has 0 radical (unpaired) electrons. The Morgan fingerprint density at radius 2 is 2.20 bits per heavy atom. The first-order valence-corrected chi connectivity index (χ1v) is 3.21. The largest absolute Gasteiger partial charge is 0.486 e. The second-order valence-electron chi connectivity index (χ2n) is 1.86. The Morgan fingerprint density at radius 3 is 2.70 bits per heavy atom. The molecule has 10 heavy (non-hydrogen) atoms. The van der Waals surface area contributed by atoms with Crippen molar-refractivity contribution in [3.05, 3.63) is 29.9 Å². The molecule has 0 aromatic carbocycles. The number of hydrogen-bond acceptors (Lipinski definition) is 2. The summed E-state index contributed by atoms with van der Waals surface area (Å²) in [5.41, 5.74) is 2.66. The second kappa shape index (κ2) is 3.14. The van der Waals surface area contributed by atoms with Gasteiger partial charge in [-0.3, -0.25) is 0 Å². The van der Waals surface area contributed by atoms with Crippen molar-refractivity contribution < 1.29 is 9.47 Å². The van der Waals surface area contributed by atoms with Gasteiger partial charge >= 0.3 is 0 Å². The summed E-state index contributed by atoms with van der Waals surface area (Å²) < 4.78 is 10.4. The molecule has 0 bridgehead atoms. The molecule has 0 aromatic rings. The van der Waals surface area contributed by atoms with E-state index >= 15 is 0 Å². The summed E-state index contributed by atoms with van der Waals surface area (Å²) in [6.45, 7) is 6.57. The van der Waals surface area contributed by atoms with Crippen LogP contribution in [0.5, 0.6) is 0 Å². The molecule has 0 atom stereocenters. The van der Waals surface area contributed by atoms with E-state index in [1.165, 1.54) is 0 Å². The van der Waals surface area contributed by atoms with Gasteiger partial charge in [-0.1, -0.05) is 12.3 Å². The van der Waals surface area contributed by atoms with Crippen molar-refractivity contribution in [3.63, 3.8) is 0 Å². The van der Waals surface area contributed by atoms with Crippen LogP contribution in [-0.4, -0.2) is 13.2 Å². The van der Waals surface area contributed by atoms with Gasteiger partial charge in [0.15, 0.2) is 5.76 Å². The molecule has 1 rings (SSSR count). The molecule has 1 aliphatic rings. The normalized spacial score (nSPS) is 21.3. The van der Waals surface area contributed by atoms with Gasteiger partial charge in [0, 0.05) is 0 Å². The lowest BCUT2D eigenvalue weighted by Gasteiger charge is -2.18. The van der Waals surface area contributed by atoms with Crippen LogP contribution >= 0.6 is 0 Å². The molecule has 0 unspecified atom stereocenters. The van der Waals surface area contributed by atoms with Crippen molar-refractivity contribution in [2.75, 3.05) is 13.2 Å². The molecule has 0 amide bonds. The molecule has 1 saturated heterocycles. The van der Waals surface area contributed by atoms with E-state index in [4.69, 9.17) is 9.47 Å². The van der Waals surface area contributed by atoms with Gasteiger partial charge in [-0.2, -0.15) is 0 Å². The quantitative estimate of drug-likeness (QED) is 0.473. The van der Waals surface area contributed by atoms with E-state index in [0.717, 1.165) is 5.76 Å². The highest BCUT2D eigenvalue weighted by atomic mass is 16.6. The monoisotopic (exact) mass is 138 g/mol. The lowest BCUT2D eigenvalue weighted by Crippen LogP contribution is -2.13. The predicted molar refractivity (Wildman–Crippen MR) is 38.3 cm³/mol. The van der Waals surface area contributed by atoms with Gasteiger partial charge in [-0.05, 0) is 13.0 Å². The summed E-state index contributed by atoms with van der Waals surface area (Å²) in [6, 6.07) is 0. The maximum Gasteiger partial charge on any atom is 0.204 e. The first-order valence-electron chi connectivity index (χ1n) is 3.21. The molecule has 0 N–H and O–H groups in total. The SMILES string of the molecule is C=C=C1OCCOC1=CC. The zero-order valence-corrected chi connectivity index (χ0v) is 6.02. The van der Waals surface area contributed by atoms with E-state index in [1.54, 1.807) is 0 Å². The zero-order valence-electron chi connectivity index (χ0n) is 6.02. The van der Waals surface area contributed by atoms with Crippen molar-refractivity contribution in [3.8, 4) is 0 Å². The van der Waals surface area contributed by atoms with Crippen molar-refractivity contribution in [2.45, 2.75) is 6.92 Å². The third-order valence-corrected chi connectivity index (χ3v) is 1.23. The minimum absolute atomic E-state index is 0.592. The third-order valence-electron chi connectivity index (χ3n) is 1.23. The highest BCUT2D eigenvalue weighted by Crippen LogP contribution is 2.15. The molecule has 0 aliphatic carbocycles. The number of ether oxygens (including phenoxy) is 2. The lowest BCUT2D eigenvalue weighted by molar-refractivity contribution is 0.0599. The zero-order chi connectivity index (χ0) is 7.40. The fourth-order valence-electron chi connectivity index (χ4n) is 0.785. The maximum absolute atomic E-state index is 5.23. The fourth-order valence-corrected chi connectivity index (χ4v) is 0.785. The molecule has 2 heteroatoms. The summed E-state index contributed by atoms with van der Waals surface area (Å²) in [6.07, 6.45) is 1.84. The van der Waals surface area contributed by atoms with E-state index in [9.17, 15) is 0 Å². The van der Waals surface area contributed by atoms with Gasteiger partial charge in [0.1, 0.15) is 13.2 Å². The maximum atomic E-state index is 5.23. The molecule has 0 saturated carbocycles. The van der Waals surface area contributed by atoms with Crippen molar-refractivity contribution >= 4 is 0 Å². The van der Waals surface area contributed by atoms with Gasteiger partial charge in [0.05, 0.1) is 0 Å². The van der Waals surface area contributed by atoms with Crippen LogP contribution in [-0.2, 0) is 9.47 Å². The molecule has 0 aromatic heterocycles. The Bertz CT molecular complexity index is 197. The van der Waals surface area contributed by atoms with E-state index in [0.29, 0.717) is 19.0 Å². The molecule has 1 aliphatic heterocycles. The van der Waals surface area contributed by atoms with E-state index in [1.807, 2.05) is 13.0 Å². The summed E-state index contributed by atoms with van der Waals surface area (Å²) >= 11 is 0. The Morgan fingerprint density at radius 1 is 1.50 bits per heavy atom. The Kier molecular flexibility index (Phi) is 2.19. The summed E-state index contributed by atoms with van der Waals surface area (Å²) in [5, 5.41) is 0. The fraction of sp³-hybridized carbons (Fsp3) is 0.375. The topological polar surface area (TPSA) is 18.5 Å². The second-order valence-corrected chi connectivity index (χ2v) is 1.86. The minimum Gasteiger partial charge on any atom is -0.486 e. The van der Waals surface area contributed by atoms with E-state index in [2.05, 4.69) is 12.3 Å². The summed E-state index contributed by atoms with van der Waals surface area (Å²) in [5.74, 6) is 1.36. The van der Waals surface area contributed by atoms with E-state index in [-0.39, 0.29) is 0 Å². The average Bonchev–Trinajstić information content (AvgIpc) is 2.04. The summed E-state index contributed by atoms with van der Waals surface area (Å²) in [7, 11) is 0. The molecular formula is C8H10O2. The highest BCUT2D eigenvalue weighted by molar-refractivity contribution is 5.19. The van der Waals surface area contributed by atoms with Crippen LogP contribution in [0.4, 0.5) is 0 Å². The number of rotatable bonds is 0. The van der Waals surface area contributed by atoms with Crippen molar-refractivity contribution in [2.24, 2.45) is 0 Å². The Labute approximate surface area is 60.4 Å². The average molecular weight is 138 g/mol. The van der Waals surface area contributed by atoms with E-state index < -0.39 is 0 Å². The summed E-state index contributed by atoms with van der Waals surface area (Å²) in [4.78, 5) is 0. The van der Waals surface area contributed by atoms with Crippen LogP contribution in [0.1, 0.15) is 6.92 Å². The molecule has 0 spiro atoms. The van der Waals surface area contributed by atoms with Gasteiger partial charge in [-0.15, -0.1) is 0 Å². The van der Waals surface area contributed by atoms with Gasteiger partial charge in [0.25, 0.3) is 0 Å². The number of allylic oxidation sites excluding steroid dienone is 1. The third kappa shape index (κ3) is 1.23. The molecule has 1 fully saturated rings. The van der Waals surface area contributed by atoms with Gasteiger partial charge in [-0.25, -0.2) is 0 Å². The molecule has 1 heterocycles. The standard InChI is InChI=1S/C8H10O2/c1-3-7-8(4-2)10-6-5-9-7/h4H,1,5-6H2,2H3. The first kappa shape index (κ1) is 6.97. The van der Waals surface area contributed by atoms with Crippen molar-refractivity contribution in [1.29, 1.82) is 0 Å². The molecule has 2 nitrogen and oxygen atoms in total. The predicted octanol–water partition coefficient (Wildman–Crippen LogP) is 1.61. The van der Waals surface area contributed by atoms with Crippen LogP contribution in [0.2, 0.25) is 0 Å². The van der Waals surface area contributed by atoms with Crippen LogP contribution < -0.4 is 0 Å². The Balaban J connectivity index is 2.79. The van der Waals surface area contributed by atoms with Crippen molar-refractivity contribution in [1.82, 2.24) is 0 Å².